The molecule has 0 spiro atoms. The van der Waals surface area contributed by atoms with Crippen LogP contribution in [0.1, 0.15) is 11.1 Å². The van der Waals surface area contributed by atoms with Crippen LogP contribution in [0.5, 0.6) is 5.75 Å². The van der Waals surface area contributed by atoms with Crippen LogP contribution in [0.15, 0.2) is 23.2 Å². The van der Waals surface area contributed by atoms with Crippen molar-refractivity contribution in [3.63, 3.8) is 0 Å². The summed E-state index contributed by atoms with van der Waals surface area (Å²) >= 11 is 0. The Kier molecular flexibility index (Phi) is 1.93. The predicted octanol–water partition coefficient (Wildman–Crippen LogP) is 0.957. The lowest BCUT2D eigenvalue weighted by Gasteiger charge is -2.14. The van der Waals surface area contributed by atoms with E-state index in [1.54, 1.807) is 7.11 Å². The van der Waals surface area contributed by atoms with Gasteiger partial charge in [0.25, 0.3) is 0 Å². The molecule has 68 valence electrons. The quantitative estimate of drug-likeness (QED) is 0.692. The first-order valence-electron chi connectivity index (χ1n) is 4.28. The van der Waals surface area contributed by atoms with Crippen molar-refractivity contribution in [2.45, 2.75) is 6.42 Å². The summed E-state index contributed by atoms with van der Waals surface area (Å²) in [7, 11) is 1.67. The number of nitrogens with two attached hydrogens (primary N) is 1. The van der Waals surface area contributed by atoms with Gasteiger partial charge >= 0.3 is 0 Å². The van der Waals surface area contributed by atoms with Crippen molar-refractivity contribution >= 4 is 5.84 Å². The fraction of sp³-hybridized carbons (Fsp3) is 0.300. The summed E-state index contributed by atoms with van der Waals surface area (Å²) in [5.74, 6) is 1.53. The molecule has 0 unspecified atom stereocenters. The number of ether oxygens (including phenoxy) is 1. The molecule has 2 rings (SSSR count). The second-order valence-corrected chi connectivity index (χ2v) is 3.04. The molecule has 0 saturated heterocycles. The molecule has 1 aliphatic heterocycles. The first-order valence-corrected chi connectivity index (χ1v) is 4.28. The standard InChI is InChI=1S/C10H12N2O/c1-13-8-2-3-9-7(6-8)4-5-12-10(9)11/h2-3,6H,4-5H2,1H3,(H2,11,12). The average molecular weight is 176 g/mol. The topological polar surface area (TPSA) is 47.6 Å². The van der Waals surface area contributed by atoms with Crippen LogP contribution in [0.2, 0.25) is 0 Å². The molecule has 2 N–H and O–H groups in total. The lowest BCUT2D eigenvalue weighted by atomic mass is 10.0. The summed E-state index contributed by atoms with van der Waals surface area (Å²) in [6.45, 7) is 0.784. The first kappa shape index (κ1) is 8.10. The third-order valence-corrected chi connectivity index (χ3v) is 2.25. The SMILES string of the molecule is COc1ccc2c(c1)CCN=C2N. The number of methoxy groups -OCH3 is 1. The second kappa shape index (κ2) is 3.09. The van der Waals surface area contributed by atoms with Gasteiger partial charge in [0.05, 0.1) is 7.11 Å². The van der Waals surface area contributed by atoms with Crippen molar-refractivity contribution < 1.29 is 4.74 Å². The zero-order valence-electron chi connectivity index (χ0n) is 7.58. The number of amidine groups is 1. The van der Waals surface area contributed by atoms with Gasteiger partial charge in [-0.15, -0.1) is 0 Å². The van der Waals surface area contributed by atoms with E-state index in [2.05, 4.69) is 4.99 Å². The summed E-state index contributed by atoms with van der Waals surface area (Å²) in [4.78, 5) is 4.18. The minimum absolute atomic E-state index is 0.643. The zero-order chi connectivity index (χ0) is 9.26. The summed E-state index contributed by atoms with van der Waals surface area (Å²) in [5, 5.41) is 0. The Hall–Kier alpha value is -1.51. The molecule has 1 heterocycles. The Bertz CT molecular complexity index is 358. The number of aliphatic imine (C=N–C) groups is 1. The molecule has 0 aliphatic carbocycles. The van der Waals surface area contributed by atoms with Crippen LogP contribution in [-0.4, -0.2) is 19.5 Å². The van der Waals surface area contributed by atoms with Gasteiger partial charge in [-0.1, -0.05) is 0 Å². The lowest BCUT2D eigenvalue weighted by Crippen LogP contribution is -2.20. The van der Waals surface area contributed by atoms with Crippen LogP contribution in [-0.2, 0) is 6.42 Å². The minimum atomic E-state index is 0.643. The van der Waals surface area contributed by atoms with Crippen LogP contribution in [0.25, 0.3) is 0 Å². The summed E-state index contributed by atoms with van der Waals surface area (Å²) in [6, 6.07) is 5.90. The Balaban J connectivity index is 2.48. The normalized spacial score (nSPS) is 14.7. The highest BCUT2D eigenvalue weighted by Crippen LogP contribution is 2.20. The van der Waals surface area contributed by atoms with Gasteiger partial charge in [0.2, 0.25) is 0 Å². The van der Waals surface area contributed by atoms with Gasteiger partial charge in [-0.3, -0.25) is 4.99 Å². The van der Waals surface area contributed by atoms with Gasteiger partial charge in [-0.25, -0.2) is 0 Å². The third kappa shape index (κ3) is 1.37. The monoisotopic (exact) mass is 176 g/mol. The maximum absolute atomic E-state index is 5.75. The number of rotatable bonds is 1. The summed E-state index contributed by atoms with van der Waals surface area (Å²) < 4.78 is 5.13. The van der Waals surface area contributed by atoms with E-state index in [9.17, 15) is 0 Å². The van der Waals surface area contributed by atoms with Crippen molar-refractivity contribution in [1.82, 2.24) is 0 Å². The maximum Gasteiger partial charge on any atom is 0.125 e. The molecule has 3 heteroatoms. The van der Waals surface area contributed by atoms with Crippen LogP contribution in [0, 0.1) is 0 Å². The Labute approximate surface area is 77.2 Å². The molecule has 3 nitrogen and oxygen atoms in total. The van der Waals surface area contributed by atoms with E-state index in [0.717, 1.165) is 24.3 Å². The zero-order valence-corrected chi connectivity index (χ0v) is 7.58. The van der Waals surface area contributed by atoms with E-state index >= 15 is 0 Å². The van der Waals surface area contributed by atoms with E-state index in [1.165, 1.54) is 5.56 Å². The van der Waals surface area contributed by atoms with E-state index in [-0.39, 0.29) is 0 Å². The molecule has 0 radical (unpaired) electrons. The van der Waals surface area contributed by atoms with Gasteiger partial charge in [0, 0.05) is 12.1 Å². The van der Waals surface area contributed by atoms with Crippen LogP contribution >= 0.6 is 0 Å². The van der Waals surface area contributed by atoms with Crippen molar-refractivity contribution in [2.24, 2.45) is 10.7 Å². The highest BCUT2D eigenvalue weighted by Gasteiger charge is 2.11. The Morgan fingerprint density at radius 1 is 1.46 bits per heavy atom. The smallest absolute Gasteiger partial charge is 0.125 e. The van der Waals surface area contributed by atoms with E-state index in [4.69, 9.17) is 10.5 Å². The Morgan fingerprint density at radius 2 is 2.31 bits per heavy atom. The number of fused-ring (bicyclic) bond motifs is 1. The fourth-order valence-corrected chi connectivity index (χ4v) is 1.54. The molecule has 0 saturated carbocycles. The molecule has 1 aliphatic rings. The molecule has 1 aromatic rings. The van der Waals surface area contributed by atoms with Gasteiger partial charge in [-0.05, 0) is 30.2 Å². The van der Waals surface area contributed by atoms with Gasteiger partial charge in [0.15, 0.2) is 0 Å². The van der Waals surface area contributed by atoms with Crippen LogP contribution < -0.4 is 10.5 Å². The number of benzene rings is 1. The Morgan fingerprint density at radius 3 is 3.08 bits per heavy atom. The molecule has 1 aromatic carbocycles. The lowest BCUT2D eigenvalue weighted by molar-refractivity contribution is 0.414. The largest absolute Gasteiger partial charge is 0.497 e. The second-order valence-electron chi connectivity index (χ2n) is 3.04. The minimum Gasteiger partial charge on any atom is -0.497 e. The molecular weight excluding hydrogens is 164 g/mol. The van der Waals surface area contributed by atoms with E-state index < -0.39 is 0 Å². The maximum atomic E-state index is 5.75. The first-order chi connectivity index (χ1) is 6.31. The average Bonchev–Trinajstić information content (AvgIpc) is 2.18. The highest BCUT2D eigenvalue weighted by atomic mass is 16.5. The number of hydrogen-bond acceptors (Lipinski definition) is 3. The third-order valence-electron chi connectivity index (χ3n) is 2.25. The fourth-order valence-electron chi connectivity index (χ4n) is 1.54. The van der Waals surface area contributed by atoms with E-state index in [0.29, 0.717) is 5.84 Å². The highest BCUT2D eigenvalue weighted by molar-refractivity contribution is 5.99. The summed E-state index contributed by atoms with van der Waals surface area (Å²) in [5.41, 5.74) is 8.02. The number of nitrogens with zero attached hydrogens (tertiary/aromatic N) is 1. The molecule has 13 heavy (non-hydrogen) atoms. The molecule has 0 fully saturated rings. The molecule has 0 aromatic heterocycles. The molecule has 0 amide bonds. The van der Waals surface area contributed by atoms with Gasteiger partial charge < -0.3 is 10.5 Å². The predicted molar refractivity (Wildman–Crippen MR) is 52.3 cm³/mol. The molecule has 0 atom stereocenters. The van der Waals surface area contributed by atoms with Crippen molar-refractivity contribution in [2.75, 3.05) is 13.7 Å². The van der Waals surface area contributed by atoms with Crippen LogP contribution in [0.3, 0.4) is 0 Å². The van der Waals surface area contributed by atoms with Gasteiger partial charge in [0.1, 0.15) is 11.6 Å². The van der Waals surface area contributed by atoms with Crippen molar-refractivity contribution in [3.05, 3.63) is 29.3 Å². The number of hydrogen-bond donors (Lipinski definition) is 1. The summed E-state index contributed by atoms with van der Waals surface area (Å²) in [6.07, 6.45) is 0.952. The van der Waals surface area contributed by atoms with Crippen molar-refractivity contribution in [1.29, 1.82) is 0 Å². The molecule has 0 bridgehead atoms. The van der Waals surface area contributed by atoms with E-state index in [1.807, 2.05) is 18.2 Å². The van der Waals surface area contributed by atoms with Crippen molar-refractivity contribution in [3.8, 4) is 5.75 Å². The van der Waals surface area contributed by atoms with Gasteiger partial charge in [-0.2, -0.15) is 0 Å². The molecular formula is C10H12N2O. The van der Waals surface area contributed by atoms with Crippen LogP contribution in [0.4, 0.5) is 0 Å².